The quantitative estimate of drug-likeness (QED) is 0.618. The molecule has 2 heteroatoms. The van der Waals surface area contributed by atoms with Crippen LogP contribution in [0.25, 0.3) is 0 Å². The van der Waals surface area contributed by atoms with Crippen LogP contribution >= 0.6 is 0 Å². The summed E-state index contributed by atoms with van der Waals surface area (Å²) in [4.78, 5) is 11.0. The smallest absolute Gasteiger partial charge is 0.183 e. The molecular formula is C10H18O2. The van der Waals surface area contributed by atoms with Gasteiger partial charge in [-0.1, -0.05) is 33.3 Å². The Morgan fingerprint density at radius 1 is 1.58 bits per heavy atom. The SMILES string of the molecule is C=CC(=O)C(O)C(CC)CCC. The summed E-state index contributed by atoms with van der Waals surface area (Å²) in [6.07, 6.45) is 3.10. The van der Waals surface area contributed by atoms with Gasteiger partial charge in [-0.2, -0.15) is 0 Å². The lowest BCUT2D eigenvalue weighted by Gasteiger charge is -2.18. The highest BCUT2D eigenvalue weighted by molar-refractivity contribution is 5.92. The fourth-order valence-corrected chi connectivity index (χ4v) is 1.31. The molecule has 0 saturated carbocycles. The average Bonchev–Trinajstić information content (AvgIpc) is 2.11. The summed E-state index contributed by atoms with van der Waals surface area (Å²) in [5, 5.41) is 9.49. The van der Waals surface area contributed by atoms with Gasteiger partial charge in [0.1, 0.15) is 6.10 Å². The molecule has 0 aromatic rings. The van der Waals surface area contributed by atoms with E-state index in [2.05, 4.69) is 6.58 Å². The Morgan fingerprint density at radius 2 is 2.17 bits per heavy atom. The minimum absolute atomic E-state index is 0.0977. The molecule has 0 saturated heterocycles. The van der Waals surface area contributed by atoms with Crippen molar-refractivity contribution in [2.45, 2.75) is 39.2 Å². The van der Waals surface area contributed by atoms with Gasteiger partial charge in [-0.25, -0.2) is 0 Å². The fourth-order valence-electron chi connectivity index (χ4n) is 1.31. The van der Waals surface area contributed by atoms with Crippen LogP contribution in [0.2, 0.25) is 0 Å². The van der Waals surface area contributed by atoms with Crippen LogP contribution in [0.3, 0.4) is 0 Å². The molecule has 0 aliphatic heterocycles. The second kappa shape index (κ2) is 5.95. The number of aliphatic hydroxyl groups excluding tert-OH is 1. The van der Waals surface area contributed by atoms with Crippen molar-refractivity contribution < 1.29 is 9.90 Å². The highest BCUT2D eigenvalue weighted by Crippen LogP contribution is 2.16. The maximum absolute atomic E-state index is 11.0. The third-order valence-electron chi connectivity index (χ3n) is 2.12. The maximum atomic E-state index is 11.0. The molecule has 0 bridgehead atoms. The lowest BCUT2D eigenvalue weighted by Crippen LogP contribution is -2.27. The Labute approximate surface area is 74.3 Å². The predicted octanol–water partition coefficient (Wildman–Crippen LogP) is 1.93. The number of ketones is 1. The van der Waals surface area contributed by atoms with Crippen LogP contribution in [0.5, 0.6) is 0 Å². The van der Waals surface area contributed by atoms with Gasteiger partial charge in [0, 0.05) is 0 Å². The van der Waals surface area contributed by atoms with Crippen LogP contribution in [0, 0.1) is 5.92 Å². The first-order chi connectivity index (χ1) is 5.67. The molecule has 0 heterocycles. The molecule has 70 valence electrons. The van der Waals surface area contributed by atoms with Crippen molar-refractivity contribution in [2.24, 2.45) is 5.92 Å². The molecule has 0 spiro atoms. The van der Waals surface area contributed by atoms with Gasteiger partial charge < -0.3 is 5.11 Å². The van der Waals surface area contributed by atoms with Crippen LogP contribution in [0.15, 0.2) is 12.7 Å². The number of aliphatic hydroxyl groups is 1. The van der Waals surface area contributed by atoms with Gasteiger partial charge in [0.15, 0.2) is 5.78 Å². The Balaban J connectivity index is 4.09. The molecule has 12 heavy (non-hydrogen) atoms. The van der Waals surface area contributed by atoms with E-state index in [1.54, 1.807) is 0 Å². The first kappa shape index (κ1) is 11.4. The van der Waals surface area contributed by atoms with Gasteiger partial charge in [-0.05, 0) is 18.4 Å². The molecule has 0 radical (unpaired) electrons. The first-order valence-electron chi connectivity index (χ1n) is 4.51. The van der Waals surface area contributed by atoms with E-state index in [4.69, 9.17) is 0 Å². The summed E-state index contributed by atoms with van der Waals surface area (Å²) in [5.74, 6) is -0.157. The molecule has 2 unspecified atom stereocenters. The number of hydrogen-bond acceptors (Lipinski definition) is 2. The van der Waals surface area contributed by atoms with E-state index in [-0.39, 0.29) is 11.7 Å². The van der Waals surface area contributed by atoms with Crippen LogP contribution in [-0.2, 0) is 4.79 Å². The Bertz CT molecular complexity index is 152. The van der Waals surface area contributed by atoms with Crippen LogP contribution in [-0.4, -0.2) is 17.0 Å². The molecule has 0 rings (SSSR count). The molecule has 0 aromatic carbocycles. The molecule has 2 nitrogen and oxygen atoms in total. The van der Waals surface area contributed by atoms with Crippen molar-refractivity contribution in [3.63, 3.8) is 0 Å². The van der Waals surface area contributed by atoms with E-state index in [0.717, 1.165) is 19.3 Å². The minimum atomic E-state index is -0.840. The van der Waals surface area contributed by atoms with Gasteiger partial charge in [-0.3, -0.25) is 4.79 Å². The number of hydrogen-bond donors (Lipinski definition) is 1. The van der Waals surface area contributed by atoms with Crippen molar-refractivity contribution in [3.8, 4) is 0 Å². The monoisotopic (exact) mass is 170 g/mol. The molecule has 0 amide bonds. The van der Waals surface area contributed by atoms with Gasteiger partial charge in [-0.15, -0.1) is 0 Å². The zero-order chi connectivity index (χ0) is 9.56. The van der Waals surface area contributed by atoms with Gasteiger partial charge in [0.25, 0.3) is 0 Å². The van der Waals surface area contributed by atoms with Crippen LogP contribution in [0.1, 0.15) is 33.1 Å². The summed E-state index contributed by atoms with van der Waals surface area (Å²) >= 11 is 0. The maximum Gasteiger partial charge on any atom is 0.183 e. The van der Waals surface area contributed by atoms with E-state index < -0.39 is 6.10 Å². The lowest BCUT2D eigenvalue weighted by atomic mass is 9.92. The van der Waals surface area contributed by atoms with E-state index in [9.17, 15) is 9.90 Å². The summed E-state index contributed by atoms with van der Waals surface area (Å²) in [6, 6.07) is 0. The van der Waals surface area contributed by atoms with Gasteiger partial charge in [0.2, 0.25) is 0 Å². The summed E-state index contributed by atoms with van der Waals surface area (Å²) in [5.41, 5.74) is 0. The number of rotatable bonds is 6. The normalized spacial score (nSPS) is 15.2. The zero-order valence-corrected chi connectivity index (χ0v) is 7.92. The molecule has 1 N–H and O–H groups in total. The standard InChI is InChI=1S/C10H18O2/c1-4-7-8(5-2)10(12)9(11)6-3/h6,8,10,12H,3-5,7H2,1-2H3. The van der Waals surface area contributed by atoms with E-state index in [1.807, 2.05) is 13.8 Å². The van der Waals surface area contributed by atoms with Gasteiger partial charge in [0.05, 0.1) is 0 Å². The predicted molar refractivity (Wildman–Crippen MR) is 49.9 cm³/mol. The van der Waals surface area contributed by atoms with Crippen LogP contribution < -0.4 is 0 Å². The molecule has 0 aromatic heterocycles. The molecule has 0 fully saturated rings. The van der Waals surface area contributed by atoms with Crippen molar-refractivity contribution in [1.29, 1.82) is 0 Å². The number of carbonyl (C=O) groups is 1. The molecule has 2 atom stereocenters. The Kier molecular flexibility index (Phi) is 5.64. The van der Waals surface area contributed by atoms with Gasteiger partial charge >= 0.3 is 0 Å². The largest absolute Gasteiger partial charge is 0.385 e. The fraction of sp³-hybridized carbons (Fsp3) is 0.700. The highest BCUT2D eigenvalue weighted by atomic mass is 16.3. The van der Waals surface area contributed by atoms with Crippen molar-refractivity contribution in [3.05, 3.63) is 12.7 Å². The Hall–Kier alpha value is -0.630. The Morgan fingerprint density at radius 3 is 2.50 bits per heavy atom. The number of carbonyl (C=O) groups excluding carboxylic acids is 1. The third-order valence-corrected chi connectivity index (χ3v) is 2.12. The summed E-state index contributed by atoms with van der Waals surface area (Å²) < 4.78 is 0. The second-order valence-electron chi connectivity index (χ2n) is 3.01. The van der Waals surface area contributed by atoms with Crippen molar-refractivity contribution >= 4 is 5.78 Å². The topological polar surface area (TPSA) is 37.3 Å². The van der Waals surface area contributed by atoms with Crippen molar-refractivity contribution in [1.82, 2.24) is 0 Å². The summed E-state index contributed by atoms with van der Waals surface area (Å²) in [6.45, 7) is 7.38. The van der Waals surface area contributed by atoms with Crippen LogP contribution in [0.4, 0.5) is 0 Å². The molecular weight excluding hydrogens is 152 g/mol. The molecule has 0 aliphatic rings. The van der Waals surface area contributed by atoms with Crippen molar-refractivity contribution in [2.75, 3.05) is 0 Å². The first-order valence-corrected chi connectivity index (χ1v) is 4.51. The zero-order valence-electron chi connectivity index (χ0n) is 7.92. The highest BCUT2D eigenvalue weighted by Gasteiger charge is 2.21. The lowest BCUT2D eigenvalue weighted by molar-refractivity contribution is -0.125. The molecule has 0 aliphatic carbocycles. The summed E-state index contributed by atoms with van der Waals surface area (Å²) in [7, 11) is 0. The average molecular weight is 170 g/mol. The van der Waals surface area contributed by atoms with E-state index in [0.29, 0.717) is 0 Å². The minimum Gasteiger partial charge on any atom is -0.385 e. The van der Waals surface area contributed by atoms with E-state index >= 15 is 0 Å². The second-order valence-corrected chi connectivity index (χ2v) is 3.01. The van der Waals surface area contributed by atoms with E-state index in [1.165, 1.54) is 6.08 Å². The third kappa shape index (κ3) is 3.18.